The van der Waals surface area contributed by atoms with E-state index in [0.717, 1.165) is 30.5 Å². The molecular formula is C23H23N5O. The third kappa shape index (κ3) is 4.05. The van der Waals surface area contributed by atoms with Gasteiger partial charge in [-0.1, -0.05) is 48.5 Å². The molecule has 4 rings (SSSR count). The predicted molar refractivity (Wildman–Crippen MR) is 114 cm³/mol. The molecule has 0 spiro atoms. The van der Waals surface area contributed by atoms with Crippen molar-refractivity contribution in [1.29, 1.82) is 5.26 Å². The van der Waals surface area contributed by atoms with E-state index in [4.69, 9.17) is 10.7 Å². The molecule has 0 radical (unpaired) electrons. The van der Waals surface area contributed by atoms with E-state index < -0.39 is 0 Å². The average molecular weight is 385 g/mol. The number of aromatic amines is 1. The van der Waals surface area contributed by atoms with E-state index >= 15 is 0 Å². The first-order valence-corrected chi connectivity index (χ1v) is 9.83. The molecule has 0 amide bonds. The molecule has 0 saturated carbocycles. The van der Waals surface area contributed by atoms with Crippen LogP contribution in [0.5, 0.6) is 0 Å². The molecule has 1 saturated heterocycles. The molecule has 6 nitrogen and oxygen atoms in total. The maximum atomic E-state index is 13.1. The van der Waals surface area contributed by atoms with Crippen molar-refractivity contribution in [3.05, 3.63) is 81.6 Å². The van der Waals surface area contributed by atoms with E-state index in [1.165, 1.54) is 0 Å². The van der Waals surface area contributed by atoms with Gasteiger partial charge in [0.1, 0.15) is 11.6 Å². The molecule has 2 heterocycles. The van der Waals surface area contributed by atoms with Crippen molar-refractivity contribution < 1.29 is 0 Å². The Morgan fingerprint density at radius 3 is 2.69 bits per heavy atom. The Labute approximate surface area is 169 Å². The number of nitrogens with one attached hydrogen (secondary N) is 1. The van der Waals surface area contributed by atoms with Crippen LogP contribution in [-0.2, 0) is 6.42 Å². The summed E-state index contributed by atoms with van der Waals surface area (Å²) in [5, 5.41) is 9.43. The lowest BCUT2D eigenvalue weighted by Crippen LogP contribution is -2.44. The van der Waals surface area contributed by atoms with Crippen molar-refractivity contribution in [3.8, 4) is 17.5 Å². The average Bonchev–Trinajstić information content (AvgIpc) is 2.76. The van der Waals surface area contributed by atoms with Gasteiger partial charge >= 0.3 is 0 Å². The maximum absolute atomic E-state index is 13.1. The molecule has 1 aromatic heterocycles. The van der Waals surface area contributed by atoms with Crippen molar-refractivity contribution in [1.82, 2.24) is 9.97 Å². The lowest BCUT2D eigenvalue weighted by atomic mass is 10.00. The van der Waals surface area contributed by atoms with E-state index in [2.05, 4.69) is 16.0 Å². The molecule has 3 N–H and O–H groups in total. The number of hydrogen-bond acceptors (Lipinski definition) is 5. The van der Waals surface area contributed by atoms with Gasteiger partial charge < -0.3 is 15.6 Å². The summed E-state index contributed by atoms with van der Waals surface area (Å²) in [4.78, 5) is 23.0. The van der Waals surface area contributed by atoms with Crippen LogP contribution in [0.1, 0.15) is 29.5 Å². The van der Waals surface area contributed by atoms with Crippen molar-refractivity contribution in [2.24, 2.45) is 5.73 Å². The fourth-order valence-electron chi connectivity index (χ4n) is 3.82. The first-order valence-electron chi connectivity index (χ1n) is 9.83. The number of rotatable bonds is 4. The number of nitrogens with zero attached hydrogens (tertiary/aromatic N) is 3. The monoisotopic (exact) mass is 385 g/mol. The largest absolute Gasteiger partial charge is 0.355 e. The minimum atomic E-state index is -0.180. The molecule has 0 aliphatic carbocycles. The van der Waals surface area contributed by atoms with E-state index in [1.54, 1.807) is 6.07 Å². The third-order valence-electron chi connectivity index (χ3n) is 5.30. The minimum Gasteiger partial charge on any atom is -0.355 e. The number of nitrogens with two attached hydrogens (primary N) is 1. The lowest BCUT2D eigenvalue weighted by Gasteiger charge is -2.33. The van der Waals surface area contributed by atoms with Crippen LogP contribution in [0.25, 0.3) is 11.4 Å². The molecule has 3 aromatic rings. The van der Waals surface area contributed by atoms with Crippen LogP contribution in [0.4, 0.5) is 5.82 Å². The quantitative estimate of drug-likeness (QED) is 0.719. The Kier molecular flexibility index (Phi) is 5.41. The Morgan fingerprint density at radius 1 is 1.17 bits per heavy atom. The highest BCUT2D eigenvalue weighted by Gasteiger charge is 2.24. The number of nitriles is 1. The standard InChI is InChI=1S/C23H23N5O/c24-14-18-10-5-4-9-17(18)13-20-22(28-12-6-11-19(25)15-28)26-21(27-23(20)29)16-7-2-1-3-8-16/h1-5,7-10,19H,6,11-13,15,25H2,(H,26,27,29)/t19-/m1/s1. The molecule has 2 aromatic carbocycles. The highest BCUT2D eigenvalue weighted by molar-refractivity contribution is 5.60. The number of H-pyrrole nitrogens is 1. The molecule has 0 bridgehead atoms. The van der Waals surface area contributed by atoms with Crippen LogP contribution in [0.3, 0.4) is 0 Å². The number of piperidine rings is 1. The normalized spacial score (nSPS) is 16.4. The summed E-state index contributed by atoms with van der Waals surface area (Å²) in [6.45, 7) is 1.48. The van der Waals surface area contributed by atoms with Crippen LogP contribution in [0.15, 0.2) is 59.4 Å². The van der Waals surface area contributed by atoms with Crippen LogP contribution in [-0.4, -0.2) is 29.1 Å². The summed E-state index contributed by atoms with van der Waals surface area (Å²) in [5.41, 5.74) is 8.83. The Bertz CT molecular complexity index is 1100. The second-order valence-corrected chi connectivity index (χ2v) is 7.38. The molecule has 0 unspecified atom stereocenters. The van der Waals surface area contributed by atoms with Gasteiger partial charge in [-0.2, -0.15) is 5.26 Å². The van der Waals surface area contributed by atoms with Gasteiger partial charge in [0.15, 0.2) is 0 Å². The number of anilines is 1. The first-order chi connectivity index (χ1) is 14.2. The molecule has 1 aliphatic rings. The third-order valence-corrected chi connectivity index (χ3v) is 5.30. The summed E-state index contributed by atoms with van der Waals surface area (Å²) in [7, 11) is 0. The Morgan fingerprint density at radius 2 is 1.93 bits per heavy atom. The smallest absolute Gasteiger partial charge is 0.256 e. The van der Waals surface area contributed by atoms with Gasteiger partial charge in [0.2, 0.25) is 0 Å². The number of benzene rings is 2. The Hall–Kier alpha value is -3.43. The summed E-state index contributed by atoms with van der Waals surface area (Å²) < 4.78 is 0. The number of hydrogen-bond donors (Lipinski definition) is 2. The van der Waals surface area contributed by atoms with E-state index in [0.29, 0.717) is 35.7 Å². The summed E-state index contributed by atoms with van der Waals surface area (Å²) >= 11 is 0. The van der Waals surface area contributed by atoms with Gasteiger partial charge in [-0.25, -0.2) is 4.98 Å². The SMILES string of the molecule is N#Cc1ccccc1Cc1c(N2CCC[C@@H](N)C2)nc(-c2ccccc2)[nH]c1=O. The van der Waals surface area contributed by atoms with E-state index in [-0.39, 0.29) is 11.6 Å². The molecule has 1 fully saturated rings. The minimum absolute atomic E-state index is 0.0595. The van der Waals surface area contributed by atoms with Gasteiger partial charge in [0.25, 0.3) is 5.56 Å². The second kappa shape index (κ2) is 8.29. The Balaban J connectivity index is 1.83. The van der Waals surface area contributed by atoms with Crippen LogP contribution < -0.4 is 16.2 Å². The van der Waals surface area contributed by atoms with Gasteiger partial charge in [0, 0.05) is 31.1 Å². The number of aromatic nitrogens is 2. The highest BCUT2D eigenvalue weighted by atomic mass is 16.1. The summed E-state index contributed by atoms with van der Waals surface area (Å²) in [5.74, 6) is 1.21. The van der Waals surface area contributed by atoms with Gasteiger partial charge in [-0.3, -0.25) is 4.79 Å². The van der Waals surface area contributed by atoms with Crippen LogP contribution >= 0.6 is 0 Å². The fourth-order valence-corrected chi connectivity index (χ4v) is 3.82. The summed E-state index contributed by atoms with van der Waals surface area (Å²) in [6, 6.07) is 19.3. The van der Waals surface area contributed by atoms with E-state index in [9.17, 15) is 10.1 Å². The zero-order valence-corrected chi connectivity index (χ0v) is 16.1. The van der Waals surface area contributed by atoms with Crippen LogP contribution in [0.2, 0.25) is 0 Å². The molecular weight excluding hydrogens is 362 g/mol. The molecule has 29 heavy (non-hydrogen) atoms. The summed E-state index contributed by atoms with van der Waals surface area (Å²) in [6.07, 6.45) is 2.28. The first kappa shape index (κ1) is 18.9. The molecule has 1 aliphatic heterocycles. The van der Waals surface area contributed by atoms with Gasteiger partial charge in [0.05, 0.1) is 17.2 Å². The zero-order valence-electron chi connectivity index (χ0n) is 16.1. The zero-order chi connectivity index (χ0) is 20.2. The van der Waals surface area contributed by atoms with Crippen molar-refractivity contribution in [2.75, 3.05) is 18.0 Å². The van der Waals surface area contributed by atoms with Crippen LogP contribution in [0, 0.1) is 11.3 Å². The maximum Gasteiger partial charge on any atom is 0.256 e. The van der Waals surface area contributed by atoms with Crippen molar-refractivity contribution in [3.63, 3.8) is 0 Å². The highest BCUT2D eigenvalue weighted by Crippen LogP contribution is 2.25. The van der Waals surface area contributed by atoms with E-state index in [1.807, 2.05) is 48.5 Å². The van der Waals surface area contributed by atoms with Gasteiger partial charge in [-0.15, -0.1) is 0 Å². The second-order valence-electron chi connectivity index (χ2n) is 7.38. The van der Waals surface area contributed by atoms with Crippen molar-refractivity contribution in [2.45, 2.75) is 25.3 Å². The fraction of sp³-hybridized carbons (Fsp3) is 0.261. The van der Waals surface area contributed by atoms with Gasteiger partial charge in [-0.05, 0) is 24.5 Å². The molecule has 6 heteroatoms. The molecule has 1 atom stereocenters. The van der Waals surface area contributed by atoms with Crippen molar-refractivity contribution >= 4 is 5.82 Å². The topological polar surface area (TPSA) is 98.8 Å². The molecule has 146 valence electrons. The predicted octanol–water partition coefficient (Wildman–Crippen LogP) is 2.83. The lowest BCUT2D eigenvalue weighted by molar-refractivity contribution is 0.502.